The first kappa shape index (κ1) is 16.6. The van der Waals surface area contributed by atoms with E-state index < -0.39 is 0 Å². The van der Waals surface area contributed by atoms with Crippen molar-refractivity contribution in [2.45, 2.75) is 31.7 Å². The van der Waals surface area contributed by atoms with Crippen LogP contribution >= 0.6 is 11.5 Å². The van der Waals surface area contributed by atoms with Crippen molar-refractivity contribution < 1.29 is 0 Å². The van der Waals surface area contributed by atoms with Crippen LogP contribution in [0.2, 0.25) is 0 Å². The van der Waals surface area contributed by atoms with E-state index in [0.29, 0.717) is 5.92 Å². The number of unbranched alkanes of at least 4 members (excludes halogenated alkanes) is 1. The van der Waals surface area contributed by atoms with Gasteiger partial charge in [-0.1, -0.05) is 54.0 Å². The summed E-state index contributed by atoms with van der Waals surface area (Å²) >= 11 is 1.59. The first-order chi connectivity index (χ1) is 12.3. The number of likely N-dealkylation sites (tertiary alicyclic amines) is 1. The van der Waals surface area contributed by atoms with Gasteiger partial charge < -0.3 is 4.90 Å². The maximum atomic E-state index is 12.3. The Balaban J connectivity index is 1.26. The summed E-state index contributed by atoms with van der Waals surface area (Å²) in [5.74, 6) is 0.686. The molecule has 1 unspecified atom stereocenters. The van der Waals surface area contributed by atoms with Crippen molar-refractivity contribution in [3.05, 3.63) is 70.5 Å². The highest BCUT2D eigenvalue weighted by molar-refractivity contribution is 7.13. The number of fused-ring (bicyclic) bond motifs is 1. The summed E-state index contributed by atoms with van der Waals surface area (Å²) in [4.78, 5) is 14.9. The van der Waals surface area contributed by atoms with E-state index in [4.69, 9.17) is 0 Å². The highest BCUT2D eigenvalue weighted by Crippen LogP contribution is 2.27. The van der Waals surface area contributed by atoms with Gasteiger partial charge in [0.05, 0.1) is 10.1 Å². The molecule has 1 fully saturated rings. The van der Waals surface area contributed by atoms with Crippen LogP contribution in [0.15, 0.2) is 59.4 Å². The van der Waals surface area contributed by atoms with E-state index in [2.05, 4.69) is 35.2 Å². The molecule has 2 aromatic carbocycles. The van der Waals surface area contributed by atoms with Crippen LogP contribution in [0, 0.1) is 0 Å². The standard InChI is InChI=1S/C21H24N2OS/c24-21-19-10-4-5-11-20(19)25-23(21)14-7-6-13-22-15-12-18(16-22)17-8-2-1-3-9-17/h1-5,8-11,18H,6-7,12-16H2. The van der Waals surface area contributed by atoms with Crippen LogP contribution in [-0.2, 0) is 6.54 Å². The molecule has 0 amide bonds. The van der Waals surface area contributed by atoms with Gasteiger partial charge in [0, 0.05) is 13.1 Å². The summed E-state index contributed by atoms with van der Waals surface area (Å²) in [5, 5.41) is 0.859. The molecule has 4 rings (SSSR count). The number of rotatable bonds is 6. The van der Waals surface area contributed by atoms with Gasteiger partial charge in [-0.25, -0.2) is 0 Å². The predicted molar refractivity (Wildman–Crippen MR) is 106 cm³/mol. The monoisotopic (exact) mass is 352 g/mol. The summed E-state index contributed by atoms with van der Waals surface area (Å²) in [7, 11) is 0. The Bertz CT molecular complexity index is 884. The van der Waals surface area contributed by atoms with Crippen LogP contribution in [-0.4, -0.2) is 28.5 Å². The maximum Gasteiger partial charge on any atom is 0.268 e. The molecule has 1 saturated heterocycles. The topological polar surface area (TPSA) is 25.2 Å². The van der Waals surface area contributed by atoms with E-state index in [-0.39, 0.29) is 5.56 Å². The van der Waals surface area contributed by atoms with Crippen molar-refractivity contribution in [3.63, 3.8) is 0 Å². The molecule has 0 N–H and O–H groups in total. The SMILES string of the molecule is O=c1c2ccccc2sn1CCCCN1CCC(c2ccccc2)C1. The lowest BCUT2D eigenvalue weighted by Crippen LogP contribution is -2.22. The van der Waals surface area contributed by atoms with Crippen LogP contribution in [0.4, 0.5) is 0 Å². The molecular weight excluding hydrogens is 328 g/mol. The van der Waals surface area contributed by atoms with Gasteiger partial charge in [0.15, 0.2) is 0 Å². The lowest BCUT2D eigenvalue weighted by atomic mass is 9.99. The normalized spacial score (nSPS) is 18.2. The average molecular weight is 353 g/mol. The van der Waals surface area contributed by atoms with Crippen molar-refractivity contribution in [3.8, 4) is 0 Å². The van der Waals surface area contributed by atoms with Crippen molar-refractivity contribution in [1.29, 1.82) is 0 Å². The molecule has 0 spiro atoms. The smallest absolute Gasteiger partial charge is 0.268 e. The summed E-state index contributed by atoms with van der Waals surface area (Å²) in [6.45, 7) is 4.35. The van der Waals surface area contributed by atoms with Crippen LogP contribution in [0.3, 0.4) is 0 Å². The highest BCUT2D eigenvalue weighted by atomic mass is 32.1. The summed E-state index contributed by atoms with van der Waals surface area (Å²) < 4.78 is 3.01. The van der Waals surface area contributed by atoms with Crippen molar-refractivity contribution in [2.24, 2.45) is 0 Å². The second-order valence-electron chi connectivity index (χ2n) is 6.90. The first-order valence-electron chi connectivity index (χ1n) is 9.17. The Labute approximate surface area is 152 Å². The quantitative estimate of drug-likeness (QED) is 0.617. The van der Waals surface area contributed by atoms with Gasteiger partial charge in [0.2, 0.25) is 0 Å². The molecule has 0 aliphatic carbocycles. The maximum absolute atomic E-state index is 12.3. The minimum absolute atomic E-state index is 0.172. The third-order valence-electron chi connectivity index (χ3n) is 5.18. The summed E-state index contributed by atoms with van der Waals surface area (Å²) in [6.07, 6.45) is 3.49. The van der Waals surface area contributed by atoms with Crippen LogP contribution in [0.1, 0.15) is 30.7 Å². The molecule has 0 bridgehead atoms. The Hall–Kier alpha value is -1.91. The third kappa shape index (κ3) is 3.70. The zero-order valence-electron chi connectivity index (χ0n) is 14.4. The van der Waals surface area contributed by atoms with E-state index in [0.717, 1.165) is 36.0 Å². The third-order valence-corrected chi connectivity index (χ3v) is 6.30. The molecule has 1 atom stereocenters. The number of aryl methyl sites for hydroxylation is 1. The number of hydrogen-bond donors (Lipinski definition) is 0. The fraction of sp³-hybridized carbons (Fsp3) is 0.381. The molecule has 0 saturated carbocycles. The van der Waals surface area contributed by atoms with E-state index >= 15 is 0 Å². The molecular formula is C21H24N2OS. The fourth-order valence-electron chi connectivity index (χ4n) is 3.79. The molecule has 1 aliphatic rings. The Morgan fingerprint density at radius 1 is 0.960 bits per heavy atom. The average Bonchev–Trinajstić information content (AvgIpc) is 3.25. The number of benzene rings is 2. The summed E-state index contributed by atoms with van der Waals surface area (Å²) in [5.41, 5.74) is 1.65. The fourth-order valence-corrected chi connectivity index (χ4v) is 4.82. The zero-order valence-corrected chi connectivity index (χ0v) is 15.3. The largest absolute Gasteiger partial charge is 0.303 e. The molecule has 3 nitrogen and oxygen atoms in total. The molecule has 2 heterocycles. The van der Waals surface area contributed by atoms with Gasteiger partial charge in [-0.05, 0) is 56.0 Å². The molecule has 3 aromatic rings. The lowest BCUT2D eigenvalue weighted by molar-refractivity contribution is 0.323. The Morgan fingerprint density at radius 3 is 2.56 bits per heavy atom. The van der Waals surface area contributed by atoms with E-state index in [9.17, 15) is 4.79 Å². The molecule has 1 aromatic heterocycles. The van der Waals surface area contributed by atoms with Gasteiger partial charge in [-0.2, -0.15) is 0 Å². The molecule has 1 aliphatic heterocycles. The number of aromatic nitrogens is 1. The van der Waals surface area contributed by atoms with Crippen molar-refractivity contribution in [2.75, 3.05) is 19.6 Å². The lowest BCUT2D eigenvalue weighted by Gasteiger charge is -2.16. The van der Waals surface area contributed by atoms with Crippen LogP contribution in [0.5, 0.6) is 0 Å². The van der Waals surface area contributed by atoms with Gasteiger partial charge in [0.25, 0.3) is 5.56 Å². The predicted octanol–water partition coefficient (Wildman–Crippen LogP) is 4.33. The second-order valence-corrected chi connectivity index (χ2v) is 7.96. The minimum Gasteiger partial charge on any atom is -0.303 e. The van der Waals surface area contributed by atoms with Crippen molar-refractivity contribution >= 4 is 21.6 Å². The Morgan fingerprint density at radius 2 is 1.72 bits per heavy atom. The first-order valence-corrected chi connectivity index (χ1v) is 9.95. The van der Waals surface area contributed by atoms with E-state index in [1.165, 1.54) is 25.1 Å². The Kier molecular flexibility index (Phi) is 4.99. The second kappa shape index (κ2) is 7.54. The highest BCUT2D eigenvalue weighted by Gasteiger charge is 2.22. The number of hydrogen-bond acceptors (Lipinski definition) is 3. The molecule has 4 heteroatoms. The van der Waals surface area contributed by atoms with Gasteiger partial charge in [-0.15, -0.1) is 0 Å². The molecule has 130 valence electrons. The minimum atomic E-state index is 0.172. The van der Waals surface area contributed by atoms with E-state index in [1.54, 1.807) is 11.5 Å². The molecule has 25 heavy (non-hydrogen) atoms. The van der Waals surface area contributed by atoms with Gasteiger partial charge in [-0.3, -0.25) is 8.75 Å². The van der Waals surface area contributed by atoms with Gasteiger partial charge in [0.1, 0.15) is 0 Å². The van der Waals surface area contributed by atoms with Gasteiger partial charge >= 0.3 is 0 Å². The van der Waals surface area contributed by atoms with Crippen LogP contribution < -0.4 is 5.56 Å². The summed E-state index contributed by atoms with van der Waals surface area (Å²) in [6, 6.07) is 18.8. The van der Waals surface area contributed by atoms with E-state index in [1.807, 2.05) is 28.2 Å². The van der Waals surface area contributed by atoms with Crippen molar-refractivity contribution in [1.82, 2.24) is 8.86 Å². The molecule has 0 radical (unpaired) electrons. The zero-order chi connectivity index (χ0) is 17.1. The van der Waals surface area contributed by atoms with Crippen LogP contribution in [0.25, 0.3) is 10.1 Å². The number of nitrogens with zero attached hydrogens (tertiary/aromatic N) is 2.